The SMILES string of the molecule is CC(c1ccccc1Cl)N(C)c1ccc([C@H](C)N)c(Br)c1. The van der Waals surface area contributed by atoms with Gasteiger partial charge in [0, 0.05) is 28.3 Å². The zero-order valence-electron chi connectivity index (χ0n) is 12.5. The fourth-order valence-corrected chi connectivity index (χ4v) is 3.37. The lowest BCUT2D eigenvalue weighted by Gasteiger charge is -2.28. The Hall–Kier alpha value is -1.03. The summed E-state index contributed by atoms with van der Waals surface area (Å²) in [5.74, 6) is 0. The van der Waals surface area contributed by atoms with E-state index in [4.69, 9.17) is 17.3 Å². The predicted molar refractivity (Wildman–Crippen MR) is 95.0 cm³/mol. The van der Waals surface area contributed by atoms with E-state index in [0.29, 0.717) is 0 Å². The number of benzene rings is 2. The largest absolute Gasteiger partial charge is 0.368 e. The number of rotatable bonds is 4. The molecule has 0 heterocycles. The molecule has 2 rings (SSSR count). The molecule has 112 valence electrons. The van der Waals surface area contributed by atoms with E-state index in [1.54, 1.807) is 0 Å². The summed E-state index contributed by atoms with van der Waals surface area (Å²) in [5, 5.41) is 0.795. The summed E-state index contributed by atoms with van der Waals surface area (Å²) in [4.78, 5) is 2.21. The molecule has 0 saturated carbocycles. The van der Waals surface area contributed by atoms with E-state index in [2.05, 4.69) is 59.1 Å². The third kappa shape index (κ3) is 3.60. The van der Waals surface area contributed by atoms with E-state index < -0.39 is 0 Å². The van der Waals surface area contributed by atoms with Crippen molar-refractivity contribution in [3.63, 3.8) is 0 Å². The quantitative estimate of drug-likeness (QED) is 0.792. The van der Waals surface area contributed by atoms with E-state index in [1.807, 2.05) is 25.1 Å². The highest BCUT2D eigenvalue weighted by Crippen LogP contribution is 2.33. The Balaban J connectivity index is 2.30. The Morgan fingerprint density at radius 2 is 1.76 bits per heavy atom. The first-order valence-corrected chi connectivity index (χ1v) is 8.11. The molecule has 0 aliphatic carbocycles. The second kappa shape index (κ2) is 6.82. The minimum Gasteiger partial charge on any atom is -0.368 e. The number of hydrogen-bond donors (Lipinski definition) is 1. The van der Waals surface area contributed by atoms with Crippen molar-refractivity contribution in [2.75, 3.05) is 11.9 Å². The smallest absolute Gasteiger partial charge is 0.0525 e. The maximum Gasteiger partial charge on any atom is 0.0525 e. The summed E-state index contributed by atoms with van der Waals surface area (Å²) >= 11 is 9.90. The molecule has 0 aliphatic rings. The monoisotopic (exact) mass is 366 g/mol. The molecule has 0 amide bonds. The zero-order valence-corrected chi connectivity index (χ0v) is 14.8. The third-order valence-electron chi connectivity index (χ3n) is 3.82. The van der Waals surface area contributed by atoms with Crippen molar-refractivity contribution < 1.29 is 0 Å². The van der Waals surface area contributed by atoms with Gasteiger partial charge in [0.2, 0.25) is 0 Å². The van der Waals surface area contributed by atoms with Crippen molar-refractivity contribution in [2.45, 2.75) is 25.9 Å². The van der Waals surface area contributed by atoms with Crippen molar-refractivity contribution in [1.29, 1.82) is 0 Å². The molecule has 1 unspecified atom stereocenters. The molecule has 2 aromatic rings. The average molecular weight is 368 g/mol. The lowest BCUT2D eigenvalue weighted by Crippen LogP contribution is -2.22. The first kappa shape index (κ1) is 16.3. The molecule has 0 saturated heterocycles. The molecular formula is C17H20BrClN2. The predicted octanol–water partition coefficient (Wildman–Crippen LogP) is 5.32. The van der Waals surface area contributed by atoms with Gasteiger partial charge in [0.15, 0.2) is 0 Å². The number of hydrogen-bond acceptors (Lipinski definition) is 2. The van der Waals surface area contributed by atoms with Crippen molar-refractivity contribution in [1.82, 2.24) is 0 Å². The summed E-state index contributed by atoms with van der Waals surface area (Å²) in [7, 11) is 2.07. The van der Waals surface area contributed by atoms with Crippen molar-refractivity contribution >= 4 is 33.2 Å². The van der Waals surface area contributed by atoms with Crippen molar-refractivity contribution in [3.05, 3.63) is 63.1 Å². The van der Waals surface area contributed by atoms with Gasteiger partial charge < -0.3 is 10.6 Å². The van der Waals surface area contributed by atoms with E-state index in [9.17, 15) is 0 Å². The molecular weight excluding hydrogens is 348 g/mol. The summed E-state index contributed by atoms with van der Waals surface area (Å²) < 4.78 is 1.04. The second-order valence-electron chi connectivity index (χ2n) is 5.30. The summed E-state index contributed by atoms with van der Waals surface area (Å²) in [6.45, 7) is 4.13. The van der Waals surface area contributed by atoms with E-state index >= 15 is 0 Å². The van der Waals surface area contributed by atoms with E-state index in [-0.39, 0.29) is 12.1 Å². The van der Waals surface area contributed by atoms with Crippen LogP contribution in [0.3, 0.4) is 0 Å². The molecule has 0 aromatic heterocycles. The molecule has 0 fully saturated rings. The number of nitrogens with zero attached hydrogens (tertiary/aromatic N) is 1. The summed E-state index contributed by atoms with van der Waals surface area (Å²) in [5.41, 5.74) is 9.30. The van der Waals surface area contributed by atoms with Crippen molar-refractivity contribution in [2.24, 2.45) is 5.73 Å². The Morgan fingerprint density at radius 1 is 1.10 bits per heavy atom. The lowest BCUT2D eigenvalue weighted by molar-refractivity contribution is 0.738. The van der Waals surface area contributed by atoms with Gasteiger partial charge in [-0.2, -0.15) is 0 Å². The molecule has 2 atom stereocenters. The Kier molecular flexibility index (Phi) is 5.31. The van der Waals surface area contributed by atoms with Gasteiger partial charge >= 0.3 is 0 Å². The van der Waals surface area contributed by atoms with Crippen LogP contribution in [0.2, 0.25) is 5.02 Å². The topological polar surface area (TPSA) is 29.3 Å². The van der Waals surface area contributed by atoms with Gasteiger partial charge in [-0.15, -0.1) is 0 Å². The van der Waals surface area contributed by atoms with Gasteiger partial charge in [0.1, 0.15) is 0 Å². The van der Waals surface area contributed by atoms with Crippen molar-refractivity contribution in [3.8, 4) is 0 Å². The molecule has 2 nitrogen and oxygen atoms in total. The Labute approximate surface area is 140 Å². The van der Waals surface area contributed by atoms with Crippen LogP contribution in [-0.2, 0) is 0 Å². The minimum atomic E-state index is 0.0136. The highest BCUT2D eigenvalue weighted by atomic mass is 79.9. The van der Waals surface area contributed by atoms with Crippen LogP contribution in [-0.4, -0.2) is 7.05 Å². The molecule has 4 heteroatoms. The minimum absolute atomic E-state index is 0.0136. The van der Waals surface area contributed by atoms with Crippen LogP contribution in [0.5, 0.6) is 0 Å². The van der Waals surface area contributed by atoms with Gasteiger partial charge in [-0.1, -0.05) is 51.8 Å². The lowest BCUT2D eigenvalue weighted by atomic mass is 10.1. The first-order chi connectivity index (χ1) is 9.91. The number of anilines is 1. The Morgan fingerprint density at radius 3 is 2.33 bits per heavy atom. The van der Waals surface area contributed by atoms with E-state index in [1.165, 1.54) is 0 Å². The fourth-order valence-electron chi connectivity index (χ4n) is 2.35. The maximum atomic E-state index is 6.30. The van der Waals surface area contributed by atoms with Gasteiger partial charge in [-0.3, -0.25) is 0 Å². The van der Waals surface area contributed by atoms with Crippen LogP contribution < -0.4 is 10.6 Å². The van der Waals surface area contributed by atoms with Gasteiger partial charge in [-0.05, 0) is 43.2 Å². The standard InChI is InChI=1S/C17H20BrClN2/c1-11(20)14-9-8-13(10-16(14)18)21(3)12(2)15-6-4-5-7-17(15)19/h4-12H,20H2,1-3H3/t11-,12?/m0/s1. The summed E-state index contributed by atoms with van der Waals surface area (Å²) in [6, 6.07) is 14.4. The van der Waals surface area contributed by atoms with Gasteiger partial charge in [0.25, 0.3) is 0 Å². The highest BCUT2D eigenvalue weighted by Gasteiger charge is 2.16. The average Bonchev–Trinajstić information content (AvgIpc) is 2.45. The van der Waals surface area contributed by atoms with Crippen LogP contribution in [0.4, 0.5) is 5.69 Å². The van der Waals surface area contributed by atoms with Crippen LogP contribution >= 0.6 is 27.5 Å². The fraction of sp³-hybridized carbons (Fsp3) is 0.294. The third-order valence-corrected chi connectivity index (χ3v) is 4.85. The molecule has 2 aromatic carbocycles. The molecule has 0 bridgehead atoms. The Bertz CT molecular complexity index is 628. The maximum absolute atomic E-state index is 6.30. The second-order valence-corrected chi connectivity index (χ2v) is 6.56. The normalized spacial score (nSPS) is 13.8. The molecule has 0 spiro atoms. The van der Waals surface area contributed by atoms with Crippen LogP contribution in [0.15, 0.2) is 46.9 Å². The van der Waals surface area contributed by atoms with Crippen LogP contribution in [0.1, 0.15) is 37.1 Å². The highest BCUT2D eigenvalue weighted by molar-refractivity contribution is 9.10. The zero-order chi connectivity index (χ0) is 15.6. The molecule has 0 aliphatic heterocycles. The van der Waals surface area contributed by atoms with Gasteiger partial charge in [0.05, 0.1) is 6.04 Å². The van der Waals surface area contributed by atoms with E-state index in [0.717, 1.165) is 26.3 Å². The summed E-state index contributed by atoms with van der Waals surface area (Å²) in [6.07, 6.45) is 0. The molecule has 21 heavy (non-hydrogen) atoms. The number of nitrogens with two attached hydrogens (primary N) is 1. The molecule has 0 radical (unpaired) electrons. The number of halogens is 2. The van der Waals surface area contributed by atoms with Gasteiger partial charge in [-0.25, -0.2) is 0 Å². The van der Waals surface area contributed by atoms with Crippen LogP contribution in [0.25, 0.3) is 0 Å². The molecule has 2 N–H and O–H groups in total. The first-order valence-electron chi connectivity index (χ1n) is 6.94. The van der Waals surface area contributed by atoms with Crippen LogP contribution in [0, 0.1) is 0 Å².